The predicted molar refractivity (Wildman–Crippen MR) is 137 cm³/mol. The number of nitrogens with zero attached hydrogens (tertiary/aromatic N) is 3. The third kappa shape index (κ3) is 4.10. The SMILES string of the molecule is Cc1ccc(-n2c(N)c(C(=O)N[C@H](C)CCc3ccccc3)c3nc4ccccc4nc32)cc1. The fraction of sp³-hybridized carbons (Fsp3) is 0.179. The lowest BCUT2D eigenvalue weighted by molar-refractivity contribution is 0.0941. The molecule has 0 saturated heterocycles. The number of rotatable bonds is 6. The Morgan fingerprint density at radius 1 is 0.941 bits per heavy atom. The fourth-order valence-electron chi connectivity index (χ4n) is 4.24. The standard InChI is InChI=1S/C28H27N5O/c1-18-12-16-21(17-13-18)33-26(29)24(25-27(33)32-23-11-7-6-10-22(23)31-25)28(34)30-19(2)14-15-20-8-4-3-5-9-20/h3-13,16-17,19H,14-15,29H2,1-2H3,(H,30,34)/t19-/m1/s1. The van der Waals surface area contributed by atoms with E-state index in [1.54, 1.807) is 0 Å². The zero-order valence-electron chi connectivity index (χ0n) is 19.3. The van der Waals surface area contributed by atoms with Crippen molar-refractivity contribution in [3.8, 4) is 5.69 Å². The molecule has 0 aliphatic heterocycles. The highest BCUT2D eigenvalue weighted by atomic mass is 16.1. The Morgan fingerprint density at radius 2 is 1.59 bits per heavy atom. The molecule has 0 saturated carbocycles. The van der Waals surface area contributed by atoms with Gasteiger partial charge in [-0.1, -0.05) is 60.2 Å². The molecule has 1 atom stereocenters. The van der Waals surface area contributed by atoms with Crippen LogP contribution in [0.4, 0.5) is 5.82 Å². The third-order valence-corrected chi connectivity index (χ3v) is 6.10. The molecule has 0 spiro atoms. The average molecular weight is 450 g/mol. The van der Waals surface area contributed by atoms with E-state index in [0.29, 0.717) is 22.5 Å². The van der Waals surface area contributed by atoms with Gasteiger partial charge >= 0.3 is 0 Å². The van der Waals surface area contributed by atoms with E-state index in [2.05, 4.69) is 17.4 Å². The molecular formula is C28H27N5O. The van der Waals surface area contributed by atoms with Crippen LogP contribution in [-0.4, -0.2) is 26.5 Å². The van der Waals surface area contributed by atoms with E-state index in [-0.39, 0.29) is 11.9 Å². The maximum Gasteiger partial charge on any atom is 0.257 e. The molecule has 34 heavy (non-hydrogen) atoms. The van der Waals surface area contributed by atoms with Gasteiger partial charge in [0, 0.05) is 11.7 Å². The molecule has 0 bridgehead atoms. The number of hydrogen-bond acceptors (Lipinski definition) is 4. The molecule has 2 heterocycles. The summed E-state index contributed by atoms with van der Waals surface area (Å²) in [4.78, 5) is 23.1. The minimum Gasteiger partial charge on any atom is -0.384 e. The van der Waals surface area contributed by atoms with Gasteiger partial charge in [0.1, 0.15) is 16.9 Å². The molecule has 0 aliphatic rings. The first-order valence-corrected chi connectivity index (χ1v) is 11.5. The quantitative estimate of drug-likeness (QED) is 0.372. The Labute approximate surface area is 198 Å². The summed E-state index contributed by atoms with van der Waals surface area (Å²) in [6.45, 7) is 4.04. The number of nitrogens with two attached hydrogens (primary N) is 1. The summed E-state index contributed by atoms with van der Waals surface area (Å²) >= 11 is 0. The number of anilines is 1. The van der Waals surface area contributed by atoms with Crippen molar-refractivity contribution in [2.24, 2.45) is 0 Å². The molecule has 1 amide bonds. The number of carbonyl (C=O) groups is 1. The van der Waals surface area contributed by atoms with Crippen LogP contribution in [0.3, 0.4) is 0 Å². The molecule has 5 aromatic rings. The maximum absolute atomic E-state index is 13.5. The van der Waals surface area contributed by atoms with Crippen LogP contribution in [0.25, 0.3) is 27.9 Å². The minimum absolute atomic E-state index is 0.0294. The summed E-state index contributed by atoms with van der Waals surface area (Å²) in [5.74, 6) is 0.0976. The van der Waals surface area contributed by atoms with Crippen molar-refractivity contribution >= 4 is 33.9 Å². The lowest BCUT2D eigenvalue weighted by Crippen LogP contribution is -2.33. The number of nitrogens with one attached hydrogen (secondary N) is 1. The number of para-hydroxylation sites is 2. The smallest absolute Gasteiger partial charge is 0.257 e. The van der Waals surface area contributed by atoms with E-state index in [4.69, 9.17) is 15.7 Å². The van der Waals surface area contributed by atoms with E-state index in [0.717, 1.165) is 35.1 Å². The van der Waals surface area contributed by atoms with E-state index < -0.39 is 0 Å². The second-order valence-corrected chi connectivity index (χ2v) is 8.71. The average Bonchev–Trinajstić information content (AvgIpc) is 3.13. The second kappa shape index (κ2) is 8.98. The summed E-state index contributed by atoms with van der Waals surface area (Å²) < 4.78 is 1.82. The largest absolute Gasteiger partial charge is 0.384 e. The highest BCUT2D eigenvalue weighted by molar-refractivity contribution is 6.11. The van der Waals surface area contributed by atoms with Gasteiger partial charge in [-0.15, -0.1) is 0 Å². The first kappa shape index (κ1) is 21.6. The topological polar surface area (TPSA) is 85.8 Å². The summed E-state index contributed by atoms with van der Waals surface area (Å²) in [6.07, 6.45) is 1.70. The predicted octanol–water partition coefficient (Wildman–Crippen LogP) is 5.22. The molecule has 2 aromatic heterocycles. The van der Waals surface area contributed by atoms with Crippen LogP contribution < -0.4 is 11.1 Å². The summed E-state index contributed by atoms with van der Waals surface area (Å²) in [7, 11) is 0. The molecule has 0 aliphatic carbocycles. The van der Waals surface area contributed by atoms with Crippen LogP contribution in [0.1, 0.15) is 34.8 Å². The van der Waals surface area contributed by atoms with Crippen LogP contribution in [0.2, 0.25) is 0 Å². The fourth-order valence-corrected chi connectivity index (χ4v) is 4.24. The van der Waals surface area contributed by atoms with Crippen molar-refractivity contribution in [2.45, 2.75) is 32.7 Å². The number of benzene rings is 3. The van der Waals surface area contributed by atoms with Crippen molar-refractivity contribution in [2.75, 3.05) is 5.73 Å². The zero-order chi connectivity index (χ0) is 23.7. The van der Waals surface area contributed by atoms with Gasteiger partial charge in [-0.2, -0.15) is 0 Å². The molecular weight excluding hydrogens is 422 g/mol. The molecule has 0 unspecified atom stereocenters. The van der Waals surface area contributed by atoms with Gasteiger partial charge in [0.05, 0.1) is 11.0 Å². The number of fused-ring (bicyclic) bond motifs is 2. The van der Waals surface area contributed by atoms with Gasteiger partial charge < -0.3 is 11.1 Å². The van der Waals surface area contributed by atoms with E-state index in [1.165, 1.54) is 5.56 Å². The van der Waals surface area contributed by atoms with E-state index in [9.17, 15) is 4.79 Å². The van der Waals surface area contributed by atoms with E-state index >= 15 is 0 Å². The van der Waals surface area contributed by atoms with Crippen LogP contribution >= 0.6 is 0 Å². The molecule has 6 nitrogen and oxygen atoms in total. The normalized spacial score (nSPS) is 12.2. The minimum atomic E-state index is -0.237. The van der Waals surface area contributed by atoms with Gasteiger partial charge in [0.2, 0.25) is 0 Å². The lowest BCUT2D eigenvalue weighted by Gasteiger charge is -2.14. The zero-order valence-corrected chi connectivity index (χ0v) is 19.3. The van der Waals surface area contributed by atoms with Crippen molar-refractivity contribution in [3.05, 3.63) is 95.6 Å². The number of carbonyl (C=O) groups excluding carboxylic acids is 1. The lowest BCUT2D eigenvalue weighted by atomic mass is 10.1. The molecule has 5 rings (SSSR count). The Kier molecular flexibility index (Phi) is 5.72. The summed E-state index contributed by atoms with van der Waals surface area (Å²) in [5.41, 5.74) is 12.8. The molecule has 0 fully saturated rings. The van der Waals surface area contributed by atoms with Crippen LogP contribution in [0, 0.1) is 6.92 Å². The van der Waals surface area contributed by atoms with Gasteiger partial charge in [-0.25, -0.2) is 9.97 Å². The number of aromatic nitrogens is 3. The van der Waals surface area contributed by atoms with Gasteiger partial charge in [0.25, 0.3) is 5.91 Å². The number of aryl methyl sites for hydroxylation is 2. The second-order valence-electron chi connectivity index (χ2n) is 8.71. The Bertz CT molecular complexity index is 1470. The van der Waals surface area contributed by atoms with E-state index in [1.807, 2.05) is 85.1 Å². The Morgan fingerprint density at radius 3 is 2.29 bits per heavy atom. The van der Waals surface area contributed by atoms with Crippen molar-refractivity contribution in [1.82, 2.24) is 19.9 Å². The summed E-state index contributed by atoms with van der Waals surface area (Å²) in [6, 6.07) is 25.9. The van der Waals surface area contributed by atoms with Crippen molar-refractivity contribution < 1.29 is 4.79 Å². The number of amides is 1. The maximum atomic E-state index is 13.5. The van der Waals surface area contributed by atoms with Crippen LogP contribution in [-0.2, 0) is 6.42 Å². The molecule has 0 radical (unpaired) electrons. The third-order valence-electron chi connectivity index (χ3n) is 6.10. The highest BCUT2D eigenvalue weighted by Crippen LogP contribution is 2.31. The van der Waals surface area contributed by atoms with Crippen LogP contribution in [0.15, 0.2) is 78.9 Å². The Balaban J connectivity index is 1.54. The monoisotopic (exact) mass is 449 g/mol. The highest BCUT2D eigenvalue weighted by Gasteiger charge is 2.25. The van der Waals surface area contributed by atoms with Gasteiger partial charge in [0.15, 0.2) is 5.65 Å². The van der Waals surface area contributed by atoms with Gasteiger partial charge in [-0.3, -0.25) is 9.36 Å². The first-order valence-electron chi connectivity index (χ1n) is 11.5. The number of nitrogen functional groups attached to an aromatic ring is 1. The van der Waals surface area contributed by atoms with Crippen molar-refractivity contribution in [1.29, 1.82) is 0 Å². The molecule has 170 valence electrons. The summed E-state index contributed by atoms with van der Waals surface area (Å²) in [5, 5.41) is 3.12. The van der Waals surface area contributed by atoms with Crippen LogP contribution in [0.5, 0.6) is 0 Å². The van der Waals surface area contributed by atoms with Crippen molar-refractivity contribution in [3.63, 3.8) is 0 Å². The molecule has 3 aromatic carbocycles. The number of hydrogen-bond donors (Lipinski definition) is 2. The molecule has 3 N–H and O–H groups in total. The molecule has 6 heteroatoms. The Hall–Kier alpha value is -4.19. The van der Waals surface area contributed by atoms with Gasteiger partial charge in [-0.05, 0) is 56.5 Å². The first-order chi connectivity index (χ1) is 16.5.